The number of halogens is 2. The number of aromatic nitrogens is 2. The summed E-state index contributed by atoms with van der Waals surface area (Å²) in [6.45, 7) is 7.00. The van der Waals surface area contributed by atoms with Crippen molar-refractivity contribution in [1.29, 1.82) is 0 Å². The lowest BCUT2D eigenvalue weighted by Gasteiger charge is -2.25. The zero-order valence-corrected chi connectivity index (χ0v) is 17.7. The standard InChI is InChI=1S/C22H24F2N4O3/c1-5-16(26-21(30)31-22(2,3)4)19-25-17-8-6-7-15(24)18(17)20(29)28(19)27-14-11-9-13(23)10-12-14/h6-12,16,27H,5H2,1-4H3,(H,26,30)/t16-/m0/s1. The Kier molecular flexibility index (Phi) is 6.24. The lowest BCUT2D eigenvalue weighted by molar-refractivity contribution is 0.0499. The van der Waals surface area contributed by atoms with Crippen LogP contribution in [-0.2, 0) is 4.74 Å². The number of carbonyl (C=O) groups is 1. The number of hydrogen-bond donors (Lipinski definition) is 2. The Labute approximate surface area is 178 Å². The van der Waals surface area contributed by atoms with E-state index in [0.717, 1.165) is 4.68 Å². The normalized spacial score (nSPS) is 12.5. The molecule has 0 aliphatic carbocycles. The molecule has 9 heteroatoms. The van der Waals surface area contributed by atoms with Crippen molar-refractivity contribution in [1.82, 2.24) is 15.0 Å². The number of ether oxygens (including phenoxy) is 1. The van der Waals surface area contributed by atoms with Crippen molar-refractivity contribution >= 4 is 22.7 Å². The van der Waals surface area contributed by atoms with Crippen LogP contribution in [0.3, 0.4) is 0 Å². The average molecular weight is 430 g/mol. The Balaban J connectivity index is 2.12. The van der Waals surface area contributed by atoms with E-state index in [1.165, 1.54) is 42.5 Å². The number of nitrogens with zero attached hydrogens (tertiary/aromatic N) is 2. The fourth-order valence-electron chi connectivity index (χ4n) is 3.00. The summed E-state index contributed by atoms with van der Waals surface area (Å²) in [6.07, 6.45) is -0.307. The number of benzene rings is 2. The molecule has 0 aliphatic rings. The molecule has 1 heterocycles. The molecule has 1 aromatic heterocycles. The summed E-state index contributed by atoms with van der Waals surface area (Å²) < 4.78 is 34.1. The topological polar surface area (TPSA) is 85.2 Å². The van der Waals surface area contributed by atoms with Crippen LogP contribution in [-0.4, -0.2) is 21.4 Å². The van der Waals surface area contributed by atoms with E-state index < -0.39 is 34.9 Å². The third-order valence-corrected chi connectivity index (χ3v) is 4.37. The minimum absolute atomic E-state index is 0.154. The molecule has 1 atom stereocenters. The maximum Gasteiger partial charge on any atom is 0.408 e. The van der Waals surface area contributed by atoms with Gasteiger partial charge in [0.25, 0.3) is 5.56 Å². The predicted octanol–water partition coefficient (Wildman–Crippen LogP) is 4.53. The molecule has 0 radical (unpaired) electrons. The molecule has 164 valence electrons. The quantitative estimate of drug-likeness (QED) is 0.621. The molecule has 1 amide bonds. The van der Waals surface area contributed by atoms with Gasteiger partial charge in [-0.2, -0.15) is 0 Å². The average Bonchev–Trinajstić information content (AvgIpc) is 2.68. The van der Waals surface area contributed by atoms with Gasteiger partial charge in [0, 0.05) is 0 Å². The van der Waals surface area contributed by atoms with Crippen molar-refractivity contribution in [3.8, 4) is 0 Å². The highest BCUT2D eigenvalue weighted by molar-refractivity contribution is 5.78. The Morgan fingerprint density at radius 1 is 1.16 bits per heavy atom. The number of hydrogen-bond acceptors (Lipinski definition) is 5. The third kappa shape index (κ3) is 5.17. The second-order valence-electron chi connectivity index (χ2n) is 7.97. The monoisotopic (exact) mass is 430 g/mol. The molecular formula is C22H24F2N4O3. The molecule has 0 spiro atoms. The molecule has 0 saturated heterocycles. The van der Waals surface area contributed by atoms with E-state index in [-0.39, 0.29) is 16.7 Å². The fourth-order valence-corrected chi connectivity index (χ4v) is 3.00. The molecule has 2 N–H and O–H groups in total. The molecule has 7 nitrogen and oxygen atoms in total. The third-order valence-electron chi connectivity index (χ3n) is 4.37. The zero-order chi connectivity index (χ0) is 22.8. The molecule has 0 aliphatic heterocycles. The number of rotatable bonds is 5. The lowest BCUT2D eigenvalue weighted by Crippen LogP contribution is -2.39. The Morgan fingerprint density at radius 3 is 2.45 bits per heavy atom. The summed E-state index contributed by atoms with van der Waals surface area (Å²) in [6, 6.07) is 8.72. The molecule has 0 unspecified atom stereocenters. The number of carbonyl (C=O) groups excluding carboxylic acids is 1. The molecule has 31 heavy (non-hydrogen) atoms. The molecular weight excluding hydrogens is 406 g/mol. The van der Waals surface area contributed by atoms with Crippen molar-refractivity contribution in [2.75, 3.05) is 5.43 Å². The van der Waals surface area contributed by atoms with Crippen molar-refractivity contribution in [2.45, 2.75) is 45.8 Å². The number of nitrogens with one attached hydrogen (secondary N) is 2. The van der Waals surface area contributed by atoms with Gasteiger partial charge in [0.2, 0.25) is 0 Å². The highest BCUT2D eigenvalue weighted by Gasteiger charge is 2.25. The van der Waals surface area contributed by atoms with E-state index in [9.17, 15) is 18.4 Å². The van der Waals surface area contributed by atoms with Gasteiger partial charge in [-0.3, -0.25) is 10.2 Å². The maximum atomic E-state index is 14.4. The van der Waals surface area contributed by atoms with Crippen LogP contribution in [0.2, 0.25) is 0 Å². The molecule has 0 fully saturated rings. The van der Waals surface area contributed by atoms with Gasteiger partial charge in [-0.1, -0.05) is 13.0 Å². The summed E-state index contributed by atoms with van der Waals surface area (Å²) >= 11 is 0. The summed E-state index contributed by atoms with van der Waals surface area (Å²) in [4.78, 5) is 30.0. The molecule has 3 rings (SSSR count). The summed E-state index contributed by atoms with van der Waals surface area (Å²) in [5.74, 6) is -1.01. The zero-order valence-electron chi connectivity index (χ0n) is 17.7. The number of alkyl carbamates (subject to hydrolysis) is 1. The van der Waals surface area contributed by atoms with Gasteiger partial charge in [-0.05, 0) is 63.6 Å². The fraction of sp³-hybridized carbons (Fsp3) is 0.318. The first-order valence-electron chi connectivity index (χ1n) is 9.82. The molecule has 2 aromatic carbocycles. The molecule has 3 aromatic rings. The van der Waals surface area contributed by atoms with Gasteiger partial charge in [0.1, 0.15) is 22.6 Å². The SMILES string of the molecule is CC[C@H](NC(=O)OC(C)(C)C)c1nc2cccc(F)c2c(=O)n1Nc1ccc(F)cc1. The van der Waals surface area contributed by atoms with Crippen molar-refractivity contribution in [3.63, 3.8) is 0 Å². The van der Waals surface area contributed by atoms with Gasteiger partial charge < -0.3 is 10.1 Å². The molecule has 0 saturated carbocycles. The number of fused-ring (bicyclic) bond motifs is 1. The van der Waals surface area contributed by atoms with E-state index in [1.807, 2.05) is 0 Å². The Bertz CT molecular complexity index is 1150. The smallest absolute Gasteiger partial charge is 0.408 e. The van der Waals surface area contributed by atoms with Crippen LogP contribution in [0.15, 0.2) is 47.3 Å². The van der Waals surface area contributed by atoms with Crippen molar-refractivity contribution < 1.29 is 18.3 Å². The van der Waals surface area contributed by atoms with Crippen LogP contribution in [0.4, 0.5) is 19.3 Å². The lowest BCUT2D eigenvalue weighted by atomic mass is 10.1. The molecule has 0 bridgehead atoms. The van der Waals surface area contributed by atoms with Crippen molar-refractivity contribution in [2.24, 2.45) is 0 Å². The number of amides is 1. The van der Waals surface area contributed by atoms with Crippen LogP contribution in [0.25, 0.3) is 10.9 Å². The second-order valence-corrected chi connectivity index (χ2v) is 7.97. The van der Waals surface area contributed by atoms with E-state index in [0.29, 0.717) is 12.1 Å². The minimum Gasteiger partial charge on any atom is -0.444 e. The number of anilines is 1. The first kappa shape index (κ1) is 22.2. The largest absolute Gasteiger partial charge is 0.444 e. The van der Waals surface area contributed by atoms with Crippen molar-refractivity contribution in [3.05, 3.63) is 70.3 Å². The van der Waals surface area contributed by atoms with Gasteiger partial charge in [0.15, 0.2) is 5.82 Å². The van der Waals surface area contributed by atoms with E-state index in [1.54, 1.807) is 27.7 Å². The summed E-state index contributed by atoms with van der Waals surface area (Å²) in [5.41, 5.74) is 1.98. The summed E-state index contributed by atoms with van der Waals surface area (Å²) in [5, 5.41) is 2.50. The van der Waals surface area contributed by atoms with Crippen LogP contribution in [0.5, 0.6) is 0 Å². The van der Waals surface area contributed by atoms with Crippen LogP contribution < -0.4 is 16.3 Å². The van der Waals surface area contributed by atoms with Gasteiger partial charge in [-0.25, -0.2) is 23.2 Å². The van der Waals surface area contributed by atoms with Gasteiger partial charge in [-0.15, -0.1) is 0 Å². The highest BCUT2D eigenvalue weighted by Crippen LogP contribution is 2.20. The second kappa shape index (κ2) is 8.71. The van der Waals surface area contributed by atoms with Crippen LogP contribution in [0.1, 0.15) is 46.0 Å². The van der Waals surface area contributed by atoms with E-state index in [4.69, 9.17) is 4.74 Å². The van der Waals surface area contributed by atoms with Crippen LogP contribution in [0, 0.1) is 11.6 Å². The first-order valence-corrected chi connectivity index (χ1v) is 9.82. The Morgan fingerprint density at radius 2 is 1.84 bits per heavy atom. The first-order chi connectivity index (χ1) is 14.6. The highest BCUT2D eigenvalue weighted by atomic mass is 19.1. The Hall–Kier alpha value is -3.49. The van der Waals surface area contributed by atoms with Gasteiger partial charge >= 0.3 is 6.09 Å². The maximum absolute atomic E-state index is 14.4. The minimum atomic E-state index is -0.719. The van der Waals surface area contributed by atoms with Crippen LogP contribution >= 0.6 is 0 Å². The summed E-state index contributed by atoms with van der Waals surface area (Å²) in [7, 11) is 0. The van der Waals surface area contributed by atoms with Gasteiger partial charge in [0.05, 0.1) is 17.2 Å². The van der Waals surface area contributed by atoms with E-state index >= 15 is 0 Å². The van der Waals surface area contributed by atoms with E-state index in [2.05, 4.69) is 15.7 Å². The predicted molar refractivity (Wildman–Crippen MR) is 114 cm³/mol.